The minimum atomic E-state index is -4.76. The molecule has 0 saturated heterocycles. The second-order valence-corrected chi connectivity index (χ2v) is 8.04. The number of hydrogen-bond acceptors (Lipinski definition) is 7. The number of benzene rings is 2. The predicted molar refractivity (Wildman–Crippen MR) is 107 cm³/mol. The molecule has 29 heavy (non-hydrogen) atoms. The molecule has 0 amide bonds. The van der Waals surface area contributed by atoms with E-state index in [1.165, 1.54) is 31.4 Å². The van der Waals surface area contributed by atoms with E-state index >= 15 is 0 Å². The molecule has 2 N–H and O–H groups in total. The highest BCUT2D eigenvalue weighted by Gasteiger charge is 2.50. The summed E-state index contributed by atoms with van der Waals surface area (Å²) in [6.45, 7) is 0. The monoisotopic (exact) mass is 405 g/mol. The van der Waals surface area contributed by atoms with Crippen molar-refractivity contribution in [3.8, 4) is 5.75 Å². The fraction of sp³-hybridized carbons (Fsp3) is 0.167. The first-order chi connectivity index (χ1) is 13.5. The predicted octanol–water partition coefficient (Wildman–Crippen LogP) is 0.237. The maximum atomic E-state index is 12.8. The maximum absolute atomic E-state index is 12.8. The number of Topliss-reactive ketones (excluding diaryl/α,β-unsaturated/α-hetero) is 1. The van der Waals surface area contributed by atoms with E-state index in [0.29, 0.717) is 5.75 Å². The van der Waals surface area contributed by atoms with Crippen LogP contribution in [0, 0.1) is 0 Å². The van der Waals surface area contributed by atoms with Crippen LogP contribution in [0.1, 0.15) is 11.1 Å². The molecule has 11 heteroatoms. The largest absolute Gasteiger partial charge is 0.497 e. The fourth-order valence-electron chi connectivity index (χ4n) is 2.68. The first kappa shape index (κ1) is 20.9. The lowest BCUT2D eigenvalue weighted by molar-refractivity contribution is -0.126. The Hall–Kier alpha value is -2.81. The molecule has 142 valence electrons. The molecule has 0 spiro atoms. The van der Waals surface area contributed by atoms with Gasteiger partial charge in [-0.1, -0.05) is 42.5 Å². The van der Waals surface area contributed by atoms with E-state index in [-0.39, 0.29) is 11.1 Å². The van der Waals surface area contributed by atoms with E-state index in [0.717, 1.165) is 0 Å². The Morgan fingerprint density at radius 3 is 2.21 bits per heavy atom. The van der Waals surface area contributed by atoms with Crippen LogP contribution in [0.2, 0.25) is 0 Å². The molecule has 1 unspecified atom stereocenters. The molecule has 0 saturated carbocycles. The zero-order chi connectivity index (χ0) is 21.4. The Morgan fingerprint density at radius 1 is 1.07 bits per heavy atom. The molecule has 1 atom stereocenters. The molecule has 0 bridgehead atoms. The Labute approximate surface area is 172 Å². The van der Waals surface area contributed by atoms with E-state index in [1.807, 2.05) is 0 Å². The topological polar surface area (TPSA) is 105 Å². The van der Waals surface area contributed by atoms with Gasteiger partial charge in [0.1, 0.15) is 13.6 Å². The molecule has 3 rings (SSSR count). The highest BCUT2D eigenvalue weighted by Crippen LogP contribution is 2.38. The fourth-order valence-corrected chi connectivity index (χ4v) is 3.62. The Bertz CT molecular complexity index is 1070. The molecule has 0 aliphatic carbocycles. The SMILES string of the molecule is [B]C1(c2ccc(OC)cc2)OC(N)=C(OS(=O)(=O)C([B])([B])c2ccccc2)C1=O. The van der Waals surface area contributed by atoms with Crippen LogP contribution in [0.25, 0.3) is 0 Å². The van der Waals surface area contributed by atoms with Crippen LogP contribution in [-0.2, 0) is 33.9 Å². The molecular formula is C18H14B3NO6S. The average Bonchev–Trinajstić information content (AvgIpc) is 2.92. The molecule has 2 aromatic carbocycles. The van der Waals surface area contributed by atoms with Crippen molar-refractivity contribution in [1.29, 1.82) is 0 Å². The third-order valence-electron chi connectivity index (χ3n) is 4.39. The van der Waals surface area contributed by atoms with Gasteiger partial charge in [-0.25, -0.2) is 0 Å². The third-order valence-corrected chi connectivity index (χ3v) is 5.84. The molecule has 1 aliphatic rings. The lowest BCUT2D eigenvalue weighted by atomic mass is 9.65. The number of nitrogens with two attached hydrogens (primary N) is 1. The van der Waals surface area contributed by atoms with Crippen molar-refractivity contribution in [2.45, 2.75) is 10.0 Å². The van der Waals surface area contributed by atoms with Gasteiger partial charge in [0.2, 0.25) is 17.4 Å². The smallest absolute Gasteiger partial charge is 0.302 e. The summed E-state index contributed by atoms with van der Waals surface area (Å²) < 4.78 is 38.2. The first-order valence-electron chi connectivity index (χ1n) is 8.27. The molecule has 1 aliphatic heterocycles. The van der Waals surface area contributed by atoms with Gasteiger partial charge < -0.3 is 19.4 Å². The molecule has 7 nitrogen and oxygen atoms in total. The molecular weight excluding hydrogens is 391 g/mol. The summed E-state index contributed by atoms with van der Waals surface area (Å²) >= 11 is 0. The van der Waals surface area contributed by atoms with E-state index in [2.05, 4.69) is 0 Å². The second-order valence-electron chi connectivity index (χ2n) is 6.29. The molecule has 0 aromatic heterocycles. The minimum Gasteiger partial charge on any atom is -0.497 e. The summed E-state index contributed by atoms with van der Waals surface area (Å²) in [5.41, 5.74) is 3.85. The van der Waals surface area contributed by atoms with Gasteiger partial charge in [-0.15, -0.1) is 0 Å². The number of carbonyl (C=O) groups is 1. The van der Waals surface area contributed by atoms with Crippen molar-refractivity contribution in [1.82, 2.24) is 0 Å². The summed E-state index contributed by atoms with van der Waals surface area (Å²) in [7, 11) is 14.4. The van der Waals surface area contributed by atoms with Gasteiger partial charge in [0.25, 0.3) is 0 Å². The van der Waals surface area contributed by atoms with E-state index < -0.39 is 37.6 Å². The number of rotatable bonds is 6. The van der Waals surface area contributed by atoms with Gasteiger partial charge in [0.15, 0.2) is 5.50 Å². The normalized spacial score (nSPS) is 19.7. The average molecular weight is 405 g/mol. The zero-order valence-electron chi connectivity index (χ0n) is 15.4. The van der Waals surface area contributed by atoms with Gasteiger partial charge in [-0.2, -0.15) is 8.42 Å². The molecule has 0 fully saturated rings. The number of carbonyl (C=O) groups excluding carboxylic acids is 1. The van der Waals surface area contributed by atoms with Gasteiger partial charge in [-0.05, 0) is 23.3 Å². The van der Waals surface area contributed by atoms with Gasteiger partial charge >= 0.3 is 10.1 Å². The molecule has 1 heterocycles. The molecule has 6 radical (unpaired) electrons. The summed E-state index contributed by atoms with van der Waals surface area (Å²) in [4.78, 5) is 12.8. The highest BCUT2D eigenvalue weighted by atomic mass is 32.2. The standard InChI is InChI=1S/C18H14B3NO6S/c1-26-13-9-7-11(8-10-13)17(19)15(23)14(16(22)27-17)28-29(24,25)18(20,21)12-5-3-2-4-6-12/h2-10H,22H2,1H3. The summed E-state index contributed by atoms with van der Waals surface area (Å²) in [5, 5.41) is 0. The summed E-state index contributed by atoms with van der Waals surface area (Å²) in [6, 6.07) is 13.6. The van der Waals surface area contributed by atoms with Crippen LogP contribution in [0.15, 0.2) is 66.2 Å². The molecule has 2 aromatic rings. The maximum Gasteiger partial charge on any atom is 0.302 e. The summed E-state index contributed by atoms with van der Waals surface area (Å²) in [5.74, 6) is -1.91. The second kappa shape index (κ2) is 7.22. The van der Waals surface area contributed by atoms with Crippen LogP contribution >= 0.6 is 0 Å². The third kappa shape index (κ3) is 3.50. The number of hydrogen-bond donors (Lipinski definition) is 1. The van der Waals surface area contributed by atoms with Crippen molar-refractivity contribution in [2.75, 3.05) is 7.11 Å². The first-order valence-corrected chi connectivity index (χ1v) is 9.68. The van der Waals surface area contributed by atoms with Crippen LogP contribution in [0.4, 0.5) is 0 Å². The minimum absolute atomic E-state index is 0.0414. The summed E-state index contributed by atoms with van der Waals surface area (Å²) in [6.07, 6.45) is 0. The van der Waals surface area contributed by atoms with Gasteiger partial charge in [0, 0.05) is 0 Å². The van der Waals surface area contributed by atoms with Crippen LogP contribution in [-0.4, -0.2) is 44.8 Å². The lowest BCUT2D eigenvalue weighted by Gasteiger charge is -2.26. The van der Waals surface area contributed by atoms with Crippen LogP contribution < -0.4 is 10.5 Å². The van der Waals surface area contributed by atoms with Crippen molar-refractivity contribution in [3.05, 3.63) is 77.4 Å². The van der Waals surface area contributed by atoms with Gasteiger partial charge in [-0.3, -0.25) is 4.79 Å². The number of methoxy groups -OCH3 is 1. The van der Waals surface area contributed by atoms with Crippen molar-refractivity contribution < 1.29 is 26.9 Å². The van der Waals surface area contributed by atoms with Crippen molar-refractivity contribution in [2.24, 2.45) is 5.73 Å². The Morgan fingerprint density at radius 2 is 1.66 bits per heavy atom. The number of ketones is 1. The Balaban J connectivity index is 1.91. The Kier molecular flexibility index (Phi) is 5.21. The van der Waals surface area contributed by atoms with Crippen molar-refractivity contribution in [3.63, 3.8) is 0 Å². The van der Waals surface area contributed by atoms with E-state index in [9.17, 15) is 13.2 Å². The zero-order valence-corrected chi connectivity index (χ0v) is 16.2. The van der Waals surface area contributed by atoms with Crippen molar-refractivity contribution >= 4 is 39.4 Å². The van der Waals surface area contributed by atoms with Crippen LogP contribution in [0.5, 0.6) is 5.75 Å². The number of ether oxygens (including phenoxy) is 2. The van der Waals surface area contributed by atoms with Crippen LogP contribution in [0.3, 0.4) is 0 Å². The quantitative estimate of drug-likeness (QED) is 0.543. The lowest BCUT2D eigenvalue weighted by Crippen LogP contribution is -2.40. The van der Waals surface area contributed by atoms with Gasteiger partial charge in [0.05, 0.1) is 27.3 Å². The highest BCUT2D eigenvalue weighted by molar-refractivity contribution is 7.90. The van der Waals surface area contributed by atoms with E-state index in [4.69, 9.17) is 42.9 Å². The van der Waals surface area contributed by atoms with E-state index in [1.54, 1.807) is 30.3 Å².